The first-order chi connectivity index (χ1) is 8.99. The van der Waals surface area contributed by atoms with Gasteiger partial charge in [-0.05, 0) is 31.6 Å². The van der Waals surface area contributed by atoms with Crippen LogP contribution in [0.4, 0.5) is 0 Å². The van der Waals surface area contributed by atoms with Crippen LogP contribution in [-0.4, -0.2) is 22.1 Å². The van der Waals surface area contributed by atoms with Crippen molar-refractivity contribution in [1.82, 2.24) is 4.98 Å². The van der Waals surface area contributed by atoms with E-state index in [4.69, 9.17) is 5.73 Å². The van der Waals surface area contributed by atoms with Gasteiger partial charge in [-0.1, -0.05) is 20.3 Å². The molecule has 2 atom stereocenters. The van der Waals surface area contributed by atoms with Crippen molar-refractivity contribution in [3.8, 4) is 0 Å². The van der Waals surface area contributed by atoms with Crippen molar-refractivity contribution < 1.29 is 9.90 Å². The molecule has 1 aromatic rings. The van der Waals surface area contributed by atoms with Gasteiger partial charge in [-0.25, -0.2) is 4.98 Å². The van der Waals surface area contributed by atoms with Gasteiger partial charge in [-0.15, -0.1) is 11.3 Å². The molecule has 4 nitrogen and oxygen atoms in total. The number of nitrogens with two attached hydrogens (primary N) is 1. The summed E-state index contributed by atoms with van der Waals surface area (Å²) in [5.74, 6) is 0.0372. The Morgan fingerprint density at radius 2 is 2.16 bits per heavy atom. The van der Waals surface area contributed by atoms with E-state index in [9.17, 15) is 9.90 Å². The first kappa shape index (κ1) is 16.1. The molecule has 1 aromatic heterocycles. The zero-order chi connectivity index (χ0) is 14.3. The van der Waals surface area contributed by atoms with Crippen LogP contribution in [0.3, 0.4) is 0 Å². The molecule has 0 spiro atoms. The van der Waals surface area contributed by atoms with Crippen LogP contribution in [0.5, 0.6) is 0 Å². The van der Waals surface area contributed by atoms with Crippen LogP contribution in [0.15, 0.2) is 10.9 Å². The van der Waals surface area contributed by atoms with Crippen LogP contribution in [0.2, 0.25) is 0 Å². The van der Waals surface area contributed by atoms with E-state index in [1.54, 1.807) is 16.8 Å². The minimum atomic E-state index is -0.480. The summed E-state index contributed by atoms with van der Waals surface area (Å²) in [6, 6.07) is 0. The summed E-state index contributed by atoms with van der Waals surface area (Å²) in [7, 11) is 0. The Labute approximate surface area is 119 Å². The third-order valence-corrected chi connectivity index (χ3v) is 3.90. The molecule has 0 radical (unpaired) electrons. The van der Waals surface area contributed by atoms with Gasteiger partial charge in [-0.3, -0.25) is 4.79 Å². The number of aryl methyl sites for hydroxylation is 1. The SMILES string of the molecule is CC(C)CC[C@H](C[C@@H](O)CCc1cscn1)C(N)=O. The van der Waals surface area contributed by atoms with Gasteiger partial charge >= 0.3 is 0 Å². The number of rotatable bonds is 9. The molecule has 0 aliphatic rings. The van der Waals surface area contributed by atoms with Crippen LogP contribution in [0.1, 0.15) is 45.2 Å². The number of aliphatic hydroxyl groups excluding tert-OH is 1. The van der Waals surface area contributed by atoms with Gasteiger partial charge in [0.2, 0.25) is 5.91 Å². The predicted octanol–water partition coefficient (Wildman–Crippen LogP) is 2.36. The van der Waals surface area contributed by atoms with E-state index in [-0.39, 0.29) is 11.8 Å². The van der Waals surface area contributed by atoms with Gasteiger partial charge < -0.3 is 10.8 Å². The maximum atomic E-state index is 11.4. The Morgan fingerprint density at radius 3 is 2.68 bits per heavy atom. The average Bonchev–Trinajstić information content (AvgIpc) is 2.84. The van der Waals surface area contributed by atoms with E-state index in [1.807, 2.05) is 5.38 Å². The maximum absolute atomic E-state index is 11.4. The number of aromatic nitrogens is 1. The highest BCUT2D eigenvalue weighted by Crippen LogP contribution is 2.19. The van der Waals surface area contributed by atoms with E-state index in [0.29, 0.717) is 18.8 Å². The first-order valence-electron chi connectivity index (χ1n) is 6.83. The summed E-state index contributed by atoms with van der Waals surface area (Å²) in [6.45, 7) is 4.24. The number of carbonyl (C=O) groups is 1. The highest BCUT2D eigenvalue weighted by atomic mass is 32.1. The molecule has 108 valence electrons. The Kier molecular flexibility index (Phi) is 7.02. The lowest BCUT2D eigenvalue weighted by Gasteiger charge is -2.18. The molecule has 0 aromatic carbocycles. The molecule has 1 heterocycles. The minimum Gasteiger partial charge on any atom is -0.393 e. The summed E-state index contributed by atoms with van der Waals surface area (Å²) in [5, 5.41) is 12.0. The lowest BCUT2D eigenvalue weighted by molar-refractivity contribution is -0.123. The van der Waals surface area contributed by atoms with Crippen LogP contribution >= 0.6 is 11.3 Å². The third kappa shape index (κ3) is 6.68. The third-order valence-electron chi connectivity index (χ3n) is 3.27. The normalized spacial score (nSPS) is 14.5. The number of nitrogens with zero attached hydrogens (tertiary/aromatic N) is 1. The summed E-state index contributed by atoms with van der Waals surface area (Å²) in [5.41, 5.74) is 8.19. The molecular formula is C14H24N2O2S. The molecule has 1 rings (SSSR count). The molecule has 1 amide bonds. The fraction of sp³-hybridized carbons (Fsp3) is 0.714. The summed E-state index contributed by atoms with van der Waals surface area (Å²) < 4.78 is 0. The molecule has 0 fully saturated rings. The topological polar surface area (TPSA) is 76.2 Å². The molecule has 0 unspecified atom stereocenters. The van der Waals surface area contributed by atoms with Crippen LogP contribution in [-0.2, 0) is 11.2 Å². The van der Waals surface area contributed by atoms with Crippen molar-refractivity contribution >= 4 is 17.2 Å². The number of thiazole rings is 1. The lowest BCUT2D eigenvalue weighted by atomic mass is 9.91. The van der Waals surface area contributed by atoms with Crippen molar-refractivity contribution in [3.63, 3.8) is 0 Å². The second-order valence-electron chi connectivity index (χ2n) is 5.48. The molecule has 0 saturated carbocycles. The summed E-state index contributed by atoms with van der Waals surface area (Å²) in [4.78, 5) is 15.6. The number of amides is 1. The molecule has 5 heteroatoms. The number of primary amides is 1. The molecule has 0 aliphatic heterocycles. The van der Waals surface area contributed by atoms with Gasteiger partial charge in [0.1, 0.15) is 0 Å². The molecular weight excluding hydrogens is 260 g/mol. The lowest BCUT2D eigenvalue weighted by Crippen LogP contribution is -2.27. The Balaban J connectivity index is 2.33. The average molecular weight is 284 g/mol. The Morgan fingerprint density at radius 1 is 1.42 bits per heavy atom. The summed E-state index contributed by atoms with van der Waals surface area (Å²) in [6.07, 6.45) is 3.10. The molecule has 0 bridgehead atoms. The van der Waals surface area contributed by atoms with Crippen molar-refractivity contribution in [2.75, 3.05) is 0 Å². The zero-order valence-corrected chi connectivity index (χ0v) is 12.5. The van der Waals surface area contributed by atoms with Gasteiger partial charge in [0, 0.05) is 11.3 Å². The van der Waals surface area contributed by atoms with E-state index in [2.05, 4.69) is 18.8 Å². The van der Waals surface area contributed by atoms with E-state index >= 15 is 0 Å². The quantitative estimate of drug-likeness (QED) is 0.731. The van der Waals surface area contributed by atoms with Crippen molar-refractivity contribution in [3.05, 3.63) is 16.6 Å². The van der Waals surface area contributed by atoms with Gasteiger partial charge in [0.25, 0.3) is 0 Å². The fourth-order valence-electron chi connectivity index (χ4n) is 2.03. The minimum absolute atomic E-state index is 0.215. The predicted molar refractivity (Wildman–Crippen MR) is 77.8 cm³/mol. The largest absolute Gasteiger partial charge is 0.393 e. The maximum Gasteiger partial charge on any atom is 0.220 e. The van der Waals surface area contributed by atoms with Gasteiger partial charge in [0.05, 0.1) is 17.3 Å². The monoisotopic (exact) mass is 284 g/mol. The Hall–Kier alpha value is -0.940. The molecule has 3 N–H and O–H groups in total. The first-order valence-corrected chi connectivity index (χ1v) is 7.77. The molecule has 0 saturated heterocycles. The number of hydrogen-bond donors (Lipinski definition) is 2. The van der Waals surface area contributed by atoms with Gasteiger partial charge in [0.15, 0.2) is 0 Å². The van der Waals surface area contributed by atoms with E-state index in [0.717, 1.165) is 25.0 Å². The number of aliphatic hydroxyl groups is 1. The molecule has 19 heavy (non-hydrogen) atoms. The zero-order valence-electron chi connectivity index (χ0n) is 11.7. The van der Waals surface area contributed by atoms with E-state index < -0.39 is 6.10 Å². The van der Waals surface area contributed by atoms with E-state index in [1.165, 1.54) is 0 Å². The van der Waals surface area contributed by atoms with Crippen LogP contribution < -0.4 is 5.73 Å². The van der Waals surface area contributed by atoms with Crippen molar-refractivity contribution in [1.29, 1.82) is 0 Å². The summed E-state index contributed by atoms with van der Waals surface area (Å²) >= 11 is 1.55. The van der Waals surface area contributed by atoms with Crippen molar-refractivity contribution in [2.24, 2.45) is 17.6 Å². The highest BCUT2D eigenvalue weighted by molar-refractivity contribution is 7.07. The molecule has 0 aliphatic carbocycles. The second-order valence-corrected chi connectivity index (χ2v) is 6.20. The second kappa shape index (κ2) is 8.27. The number of hydrogen-bond acceptors (Lipinski definition) is 4. The van der Waals surface area contributed by atoms with Crippen LogP contribution in [0.25, 0.3) is 0 Å². The smallest absolute Gasteiger partial charge is 0.220 e. The highest BCUT2D eigenvalue weighted by Gasteiger charge is 2.20. The van der Waals surface area contributed by atoms with Crippen molar-refractivity contribution in [2.45, 2.75) is 52.1 Å². The number of carbonyl (C=O) groups excluding carboxylic acids is 1. The standard InChI is InChI=1S/C14H24N2O2S/c1-10(2)3-4-11(14(15)18)7-13(17)6-5-12-8-19-9-16-12/h8-11,13,17H,3-7H2,1-2H3,(H2,15,18)/t11-,13+/m1/s1. The van der Waals surface area contributed by atoms with Crippen LogP contribution in [0, 0.1) is 11.8 Å². The van der Waals surface area contributed by atoms with Gasteiger partial charge in [-0.2, -0.15) is 0 Å². The Bertz CT molecular complexity index is 366. The fourth-order valence-corrected chi connectivity index (χ4v) is 2.63.